The number of imidazole rings is 1. The zero-order valence-corrected chi connectivity index (χ0v) is 14.2. The van der Waals surface area contributed by atoms with Gasteiger partial charge in [0, 0.05) is 55.9 Å². The average Bonchev–Trinajstić information content (AvgIpc) is 3.04. The number of hydrogen-bond acceptors (Lipinski definition) is 6. The van der Waals surface area contributed by atoms with E-state index in [1.807, 2.05) is 18.3 Å². The summed E-state index contributed by atoms with van der Waals surface area (Å²) in [6.45, 7) is 2.58. The zero-order valence-electron chi connectivity index (χ0n) is 14.2. The summed E-state index contributed by atoms with van der Waals surface area (Å²) < 4.78 is 0. The molecule has 0 radical (unpaired) electrons. The molecule has 0 saturated carbocycles. The predicted octanol–water partition coefficient (Wildman–Crippen LogP) is 1.59. The SMILES string of the molecule is CN(Cc1ncc[nH]1)c1nc(-c2ccncc2)nc2c1CCNCC2. The molecule has 0 bridgehead atoms. The fourth-order valence-corrected chi connectivity index (χ4v) is 3.16. The highest BCUT2D eigenvalue weighted by atomic mass is 15.2. The van der Waals surface area contributed by atoms with Gasteiger partial charge in [-0.15, -0.1) is 0 Å². The molecule has 0 unspecified atom stereocenters. The first-order chi connectivity index (χ1) is 12.3. The topological polar surface area (TPSA) is 82.6 Å². The molecule has 3 aromatic rings. The van der Waals surface area contributed by atoms with E-state index in [2.05, 4.69) is 32.2 Å². The van der Waals surface area contributed by atoms with Crippen molar-refractivity contribution in [3.63, 3.8) is 0 Å². The van der Waals surface area contributed by atoms with Gasteiger partial charge in [-0.05, 0) is 25.1 Å². The lowest BCUT2D eigenvalue weighted by Crippen LogP contribution is -2.22. The Morgan fingerprint density at radius 2 is 1.92 bits per heavy atom. The molecule has 0 aliphatic carbocycles. The monoisotopic (exact) mass is 335 g/mol. The molecule has 25 heavy (non-hydrogen) atoms. The first-order valence-electron chi connectivity index (χ1n) is 8.51. The molecule has 0 aromatic carbocycles. The first-order valence-corrected chi connectivity index (χ1v) is 8.51. The molecular formula is C18H21N7. The van der Waals surface area contributed by atoms with Gasteiger partial charge in [-0.3, -0.25) is 4.98 Å². The van der Waals surface area contributed by atoms with Gasteiger partial charge in [-0.2, -0.15) is 0 Å². The van der Waals surface area contributed by atoms with Gasteiger partial charge < -0.3 is 15.2 Å². The molecule has 7 heteroatoms. The second-order valence-electron chi connectivity index (χ2n) is 6.17. The lowest BCUT2D eigenvalue weighted by atomic mass is 10.1. The lowest BCUT2D eigenvalue weighted by Gasteiger charge is -2.22. The normalized spacial score (nSPS) is 14.0. The van der Waals surface area contributed by atoms with Gasteiger partial charge in [0.1, 0.15) is 11.6 Å². The minimum atomic E-state index is 0.680. The number of nitrogens with zero attached hydrogens (tertiary/aromatic N) is 5. The standard InChI is InChI=1S/C18H21N7/c1-25(12-16-21-10-11-22-16)18-14-4-8-20-9-5-15(14)23-17(24-18)13-2-6-19-7-3-13/h2-3,6-7,10-11,20H,4-5,8-9,12H2,1H3,(H,21,22). The van der Waals surface area contributed by atoms with Crippen molar-refractivity contribution in [2.24, 2.45) is 0 Å². The molecule has 0 fully saturated rings. The second kappa shape index (κ2) is 6.98. The van der Waals surface area contributed by atoms with E-state index in [9.17, 15) is 0 Å². The fourth-order valence-electron chi connectivity index (χ4n) is 3.16. The Balaban J connectivity index is 1.77. The van der Waals surface area contributed by atoms with Crippen LogP contribution >= 0.6 is 0 Å². The molecule has 7 nitrogen and oxygen atoms in total. The summed E-state index contributed by atoms with van der Waals surface area (Å²) in [6, 6.07) is 3.90. The first kappa shape index (κ1) is 15.7. The number of pyridine rings is 1. The summed E-state index contributed by atoms with van der Waals surface area (Å²) >= 11 is 0. The van der Waals surface area contributed by atoms with Crippen molar-refractivity contribution in [3.8, 4) is 11.4 Å². The van der Waals surface area contributed by atoms with Crippen molar-refractivity contribution >= 4 is 5.82 Å². The van der Waals surface area contributed by atoms with E-state index in [0.29, 0.717) is 6.54 Å². The molecule has 128 valence electrons. The number of H-pyrrole nitrogens is 1. The molecule has 4 rings (SSSR count). The van der Waals surface area contributed by atoms with E-state index in [1.165, 1.54) is 5.56 Å². The molecule has 1 aliphatic heterocycles. The van der Waals surface area contributed by atoms with E-state index >= 15 is 0 Å². The Hall–Kier alpha value is -2.80. The van der Waals surface area contributed by atoms with Crippen LogP contribution in [0.15, 0.2) is 36.9 Å². The van der Waals surface area contributed by atoms with Crippen LogP contribution in [-0.4, -0.2) is 45.1 Å². The highest BCUT2D eigenvalue weighted by molar-refractivity contribution is 5.60. The third-order valence-corrected chi connectivity index (χ3v) is 4.40. The average molecular weight is 335 g/mol. The maximum Gasteiger partial charge on any atom is 0.161 e. The maximum atomic E-state index is 4.90. The lowest BCUT2D eigenvalue weighted by molar-refractivity contribution is 0.708. The Morgan fingerprint density at radius 3 is 2.72 bits per heavy atom. The summed E-state index contributed by atoms with van der Waals surface area (Å²) in [7, 11) is 2.06. The van der Waals surface area contributed by atoms with Crippen LogP contribution in [0.1, 0.15) is 17.1 Å². The van der Waals surface area contributed by atoms with Gasteiger partial charge in [-0.1, -0.05) is 0 Å². The molecule has 2 N–H and O–H groups in total. The second-order valence-corrected chi connectivity index (χ2v) is 6.17. The minimum Gasteiger partial charge on any atom is -0.352 e. The van der Waals surface area contributed by atoms with Crippen LogP contribution in [-0.2, 0) is 19.4 Å². The Morgan fingerprint density at radius 1 is 1.08 bits per heavy atom. The molecular weight excluding hydrogens is 314 g/mol. The van der Waals surface area contributed by atoms with Crippen LogP contribution in [0.4, 0.5) is 5.82 Å². The van der Waals surface area contributed by atoms with Gasteiger partial charge in [0.25, 0.3) is 0 Å². The Bertz CT molecular complexity index is 830. The number of hydrogen-bond donors (Lipinski definition) is 2. The zero-order chi connectivity index (χ0) is 17.1. The van der Waals surface area contributed by atoms with E-state index in [-0.39, 0.29) is 0 Å². The van der Waals surface area contributed by atoms with Crippen LogP contribution in [0.25, 0.3) is 11.4 Å². The highest BCUT2D eigenvalue weighted by Gasteiger charge is 2.20. The van der Waals surface area contributed by atoms with E-state index < -0.39 is 0 Å². The smallest absolute Gasteiger partial charge is 0.161 e. The molecule has 0 spiro atoms. The third-order valence-electron chi connectivity index (χ3n) is 4.40. The predicted molar refractivity (Wildman–Crippen MR) is 96.2 cm³/mol. The van der Waals surface area contributed by atoms with Crippen molar-refractivity contribution < 1.29 is 0 Å². The summed E-state index contributed by atoms with van der Waals surface area (Å²) in [5.41, 5.74) is 3.35. The number of fused-ring (bicyclic) bond motifs is 1. The molecule has 1 aliphatic rings. The maximum absolute atomic E-state index is 4.90. The van der Waals surface area contributed by atoms with Gasteiger partial charge in [-0.25, -0.2) is 15.0 Å². The van der Waals surface area contributed by atoms with Crippen molar-refractivity contribution in [3.05, 3.63) is 54.0 Å². The van der Waals surface area contributed by atoms with Crippen LogP contribution in [0, 0.1) is 0 Å². The van der Waals surface area contributed by atoms with Crippen LogP contribution in [0.5, 0.6) is 0 Å². The van der Waals surface area contributed by atoms with Gasteiger partial charge in [0.15, 0.2) is 5.82 Å². The van der Waals surface area contributed by atoms with E-state index in [4.69, 9.17) is 9.97 Å². The Labute approximate surface area is 146 Å². The number of anilines is 1. The minimum absolute atomic E-state index is 0.680. The van der Waals surface area contributed by atoms with Gasteiger partial charge in [0.05, 0.1) is 12.2 Å². The van der Waals surface area contributed by atoms with Crippen molar-refractivity contribution in [1.29, 1.82) is 0 Å². The fraction of sp³-hybridized carbons (Fsp3) is 0.333. The Kier molecular flexibility index (Phi) is 4.39. The number of aromatic amines is 1. The summed E-state index contributed by atoms with van der Waals surface area (Å²) in [5.74, 6) is 2.66. The van der Waals surface area contributed by atoms with Gasteiger partial charge in [0.2, 0.25) is 0 Å². The summed E-state index contributed by atoms with van der Waals surface area (Å²) in [5, 5.41) is 3.45. The number of rotatable bonds is 4. The molecule has 0 amide bonds. The third kappa shape index (κ3) is 3.36. The molecule has 0 atom stereocenters. The van der Waals surface area contributed by atoms with E-state index in [0.717, 1.165) is 54.7 Å². The largest absolute Gasteiger partial charge is 0.352 e. The summed E-state index contributed by atoms with van der Waals surface area (Å²) in [4.78, 5) is 23.5. The van der Waals surface area contributed by atoms with Crippen molar-refractivity contribution in [1.82, 2.24) is 30.2 Å². The molecule has 4 heterocycles. The quantitative estimate of drug-likeness (QED) is 0.753. The van der Waals surface area contributed by atoms with Crippen LogP contribution in [0.3, 0.4) is 0 Å². The highest BCUT2D eigenvalue weighted by Crippen LogP contribution is 2.27. The number of aromatic nitrogens is 5. The summed E-state index contributed by atoms with van der Waals surface area (Å²) in [6.07, 6.45) is 9.02. The van der Waals surface area contributed by atoms with Crippen molar-refractivity contribution in [2.75, 3.05) is 25.0 Å². The van der Waals surface area contributed by atoms with Crippen molar-refractivity contribution in [2.45, 2.75) is 19.4 Å². The molecule has 3 aromatic heterocycles. The van der Waals surface area contributed by atoms with Crippen LogP contribution < -0.4 is 10.2 Å². The molecule has 0 saturated heterocycles. The van der Waals surface area contributed by atoms with E-state index in [1.54, 1.807) is 18.6 Å². The van der Waals surface area contributed by atoms with Crippen LogP contribution in [0.2, 0.25) is 0 Å². The number of nitrogens with one attached hydrogen (secondary N) is 2. The van der Waals surface area contributed by atoms with Gasteiger partial charge >= 0.3 is 0 Å².